The Hall–Kier alpha value is -4.05. The average Bonchev–Trinajstić information content (AvgIpc) is 3.33. The molecule has 3 atom stereocenters. The molecule has 5 rings (SSSR count). The monoisotopic (exact) mass is 603 g/mol. The van der Waals surface area contributed by atoms with E-state index < -0.39 is 12.1 Å². The summed E-state index contributed by atoms with van der Waals surface area (Å²) in [5.74, 6) is -0.209. The summed E-state index contributed by atoms with van der Waals surface area (Å²) >= 11 is 0. The van der Waals surface area contributed by atoms with Crippen molar-refractivity contribution in [1.82, 2.24) is 19.7 Å². The number of nitrogens with one attached hydrogen (secondary N) is 2. The van der Waals surface area contributed by atoms with E-state index >= 15 is 0 Å². The van der Waals surface area contributed by atoms with E-state index in [1.54, 1.807) is 42.0 Å². The molecule has 1 aromatic heterocycles. The van der Waals surface area contributed by atoms with Crippen LogP contribution in [0, 0.1) is 5.92 Å². The maximum Gasteiger partial charge on any atom is 0.317 e. The summed E-state index contributed by atoms with van der Waals surface area (Å²) in [5.41, 5.74) is 2.76. The third-order valence-corrected chi connectivity index (χ3v) is 9.01. The number of benzene rings is 2. The Morgan fingerprint density at radius 3 is 2.64 bits per heavy atom. The number of ether oxygens (including phenoxy) is 1. The zero-order chi connectivity index (χ0) is 31.4. The first kappa shape index (κ1) is 31.4. The van der Waals surface area contributed by atoms with Crippen molar-refractivity contribution in [3.05, 3.63) is 59.8 Å². The zero-order valence-corrected chi connectivity index (χ0v) is 26.2. The van der Waals surface area contributed by atoms with Gasteiger partial charge in [-0.15, -0.1) is 0 Å². The SMILES string of the molecule is C[C@@H]1CN([C@H](C)CO)C(=O)c2cc(NC(=O)Cc3cn(C)c4ccccc34)ccc2O[C@@H]1CN(C)C(=O)NC1CCCCC1. The van der Waals surface area contributed by atoms with Gasteiger partial charge in [0, 0.05) is 55.4 Å². The smallest absolute Gasteiger partial charge is 0.317 e. The summed E-state index contributed by atoms with van der Waals surface area (Å²) in [5, 5.41) is 17.1. The molecule has 0 unspecified atom stereocenters. The maximum atomic E-state index is 13.8. The van der Waals surface area contributed by atoms with Crippen LogP contribution in [0.3, 0.4) is 0 Å². The highest BCUT2D eigenvalue weighted by Crippen LogP contribution is 2.31. The van der Waals surface area contributed by atoms with E-state index in [0.717, 1.165) is 42.1 Å². The molecule has 1 fully saturated rings. The summed E-state index contributed by atoms with van der Waals surface area (Å²) in [6.45, 7) is 4.29. The van der Waals surface area contributed by atoms with Gasteiger partial charge >= 0.3 is 6.03 Å². The van der Waals surface area contributed by atoms with Crippen molar-refractivity contribution in [3.8, 4) is 5.75 Å². The van der Waals surface area contributed by atoms with Crippen molar-refractivity contribution in [2.75, 3.05) is 32.1 Å². The van der Waals surface area contributed by atoms with Crippen LogP contribution in [0.5, 0.6) is 5.75 Å². The second-order valence-corrected chi connectivity index (χ2v) is 12.5. The Balaban J connectivity index is 1.34. The molecule has 236 valence electrons. The molecule has 2 heterocycles. The molecule has 10 nitrogen and oxygen atoms in total. The molecule has 0 saturated heterocycles. The van der Waals surface area contributed by atoms with E-state index in [4.69, 9.17) is 4.74 Å². The lowest BCUT2D eigenvalue weighted by Crippen LogP contribution is -2.52. The number of para-hydroxylation sites is 1. The number of hydrogen-bond acceptors (Lipinski definition) is 5. The topological polar surface area (TPSA) is 116 Å². The number of amides is 4. The molecular formula is C34H45N5O5. The predicted octanol–water partition coefficient (Wildman–Crippen LogP) is 4.55. The van der Waals surface area contributed by atoms with Gasteiger partial charge in [0.25, 0.3) is 5.91 Å². The van der Waals surface area contributed by atoms with Crippen LogP contribution in [-0.2, 0) is 18.3 Å². The number of anilines is 1. The quantitative estimate of drug-likeness (QED) is 0.349. The lowest BCUT2D eigenvalue weighted by atomic mass is 9.96. The number of urea groups is 1. The van der Waals surface area contributed by atoms with Crippen LogP contribution < -0.4 is 15.4 Å². The largest absolute Gasteiger partial charge is 0.487 e. The van der Waals surface area contributed by atoms with Crippen molar-refractivity contribution in [3.63, 3.8) is 0 Å². The Morgan fingerprint density at radius 1 is 1.14 bits per heavy atom. The van der Waals surface area contributed by atoms with Crippen molar-refractivity contribution < 1.29 is 24.2 Å². The summed E-state index contributed by atoms with van der Waals surface area (Å²) in [6, 6.07) is 12.7. The second kappa shape index (κ2) is 13.7. The number of carbonyl (C=O) groups excluding carboxylic acids is 3. The average molecular weight is 604 g/mol. The number of rotatable bonds is 8. The summed E-state index contributed by atoms with van der Waals surface area (Å²) in [6.07, 6.45) is 7.23. The number of aliphatic hydroxyl groups excluding tert-OH is 1. The van der Waals surface area contributed by atoms with Crippen LogP contribution in [0.4, 0.5) is 10.5 Å². The molecule has 4 amide bonds. The molecular weight excluding hydrogens is 558 g/mol. The normalized spacial score (nSPS) is 19.8. The Morgan fingerprint density at radius 2 is 1.89 bits per heavy atom. The lowest BCUT2D eigenvalue weighted by molar-refractivity contribution is -0.115. The molecule has 1 aliphatic carbocycles. The number of aryl methyl sites for hydroxylation is 1. The van der Waals surface area contributed by atoms with E-state index in [1.165, 1.54) is 6.42 Å². The van der Waals surface area contributed by atoms with Crippen LogP contribution in [0.15, 0.2) is 48.7 Å². The molecule has 2 aromatic carbocycles. The second-order valence-electron chi connectivity index (χ2n) is 12.5. The fraction of sp³-hybridized carbons (Fsp3) is 0.500. The number of aliphatic hydroxyl groups is 1. The van der Waals surface area contributed by atoms with Gasteiger partial charge in [0.15, 0.2) is 0 Å². The Bertz CT molecular complexity index is 1500. The summed E-state index contributed by atoms with van der Waals surface area (Å²) < 4.78 is 8.46. The molecule has 1 saturated carbocycles. The van der Waals surface area contributed by atoms with E-state index in [0.29, 0.717) is 30.1 Å². The van der Waals surface area contributed by atoms with Gasteiger partial charge < -0.3 is 34.8 Å². The highest BCUT2D eigenvalue weighted by Gasteiger charge is 2.34. The number of likely N-dealkylation sites (N-methyl/N-ethyl adjacent to an activating group) is 1. The van der Waals surface area contributed by atoms with Crippen LogP contribution in [0.2, 0.25) is 0 Å². The van der Waals surface area contributed by atoms with Gasteiger partial charge in [-0.1, -0.05) is 44.4 Å². The Kier molecular flexibility index (Phi) is 9.78. The van der Waals surface area contributed by atoms with Gasteiger partial charge in [-0.05, 0) is 49.6 Å². The van der Waals surface area contributed by atoms with Gasteiger partial charge in [0.05, 0.1) is 31.2 Å². The molecule has 0 spiro atoms. The minimum absolute atomic E-state index is 0.119. The molecule has 3 N–H and O–H groups in total. The number of carbonyl (C=O) groups is 3. The van der Waals surface area contributed by atoms with Crippen molar-refractivity contribution in [2.45, 2.75) is 70.6 Å². The van der Waals surface area contributed by atoms with E-state index in [-0.39, 0.29) is 42.8 Å². The first-order valence-corrected chi connectivity index (χ1v) is 15.7. The molecule has 3 aromatic rings. The van der Waals surface area contributed by atoms with Crippen LogP contribution in [0.25, 0.3) is 10.9 Å². The van der Waals surface area contributed by atoms with Gasteiger partial charge in [0.2, 0.25) is 5.91 Å². The van der Waals surface area contributed by atoms with Crippen LogP contribution in [-0.4, -0.2) is 82.3 Å². The number of aromatic nitrogens is 1. The molecule has 1 aliphatic heterocycles. The van der Waals surface area contributed by atoms with Crippen molar-refractivity contribution in [2.24, 2.45) is 13.0 Å². The standard InChI is InChI=1S/C34H45N5O5/c1-22-18-39(23(2)21-40)33(42)28-17-26(35-32(41)16-24-19-37(3)29-13-9-8-12-27(24)29)14-15-30(28)44-31(22)20-38(4)34(43)36-25-10-6-5-7-11-25/h8-9,12-15,17,19,22-23,25,31,40H,5-7,10-11,16,18,20-21H2,1-4H3,(H,35,41)(H,36,43)/t22-,23-,31-/m1/s1. The predicted molar refractivity (Wildman–Crippen MR) is 171 cm³/mol. The number of fused-ring (bicyclic) bond motifs is 2. The van der Waals surface area contributed by atoms with E-state index in [1.807, 2.05) is 49.0 Å². The van der Waals surface area contributed by atoms with Crippen molar-refractivity contribution >= 4 is 34.4 Å². The molecule has 0 bridgehead atoms. The van der Waals surface area contributed by atoms with Gasteiger partial charge in [-0.2, -0.15) is 0 Å². The summed E-state index contributed by atoms with van der Waals surface area (Å²) in [7, 11) is 3.72. The minimum atomic E-state index is -0.423. The first-order valence-electron chi connectivity index (χ1n) is 15.7. The van der Waals surface area contributed by atoms with Crippen LogP contribution in [0.1, 0.15) is 61.9 Å². The minimum Gasteiger partial charge on any atom is -0.487 e. The highest BCUT2D eigenvalue weighted by molar-refractivity contribution is 6.00. The first-order chi connectivity index (χ1) is 21.1. The molecule has 44 heavy (non-hydrogen) atoms. The molecule has 2 aliphatic rings. The fourth-order valence-electron chi connectivity index (χ4n) is 6.35. The van der Waals surface area contributed by atoms with Crippen LogP contribution >= 0.6 is 0 Å². The zero-order valence-electron chi connectivity index (χ0n) is 26.2. The lowest BCUT2D eigenvalue weighted by Gasteiger charge is -2.38. The molecule has 0 radical (unpaired) electrons. The highest BCUT2D eigenvalue weighted by atomic mass is 16.5. The van der Waals surface area contributed by atoms with Gasteiger partial charge in [0.1, 0.15) is 11.9 Å². The third-order valence-electron chi connectivity index (χ3n) is 9.01. The summed E-state index contributed by atoms with van der Waals surface area (Å²) in [4.78, 5) is 43.3. The fourth-order valence-corrected chi connectivity index (χ4v) is 6.35. The van der Waals surface area contributed by atoms with Crippen molar-refractivity contribution in [1.29, 1.82) is 0 Å². The Labute approximate surface area is 259 Å². The third kappa shape index (κ3) is 7.01. The molecule has 10 heteroatoms. The van der Waals surface area contributed by atoms with E-state index in [9.17, 15) is 19.5 Å². The number of hydrogen-bond donors (Lipinski definition) is 3. The maximum absolute atomic E-state index is 13.8. The number of nitrogens with zero attached hydrogens (tertiary/aromatic N) is 3. The van der Waals surface area contributed by atoms with Gasteiger partial charge in [-0.3, -0.25) is 9.59 Å². The van der Waals surface area contributed by atoms with Gasteiger partial charge in [-0.25, -0.2) is 4.79 Å². The van der Waals surface area contributed by atoms with E-state index in [2.05, 4.69) is 10.6 Å².